The average Bonchev–Trinajstić information content (AvgIpc) is 2.79. The first kappa shape index (κ1) is 29.6. The quantitative estimate of drug-likeness (QED) is 0.0709. The highest BCUT2D eigenvalue weighted by Crippen LogP contribution is 2.14. The van der Waals surface area contributed by atoms with Crippen molar-refractivity contribution in [3.8, 4) is 0 Å². The van der Waals surface area contributed by atoms with Gasteiger partial charge in [-0.05, 0) is 6.92 Å². The lowest BCUT2D eigenvalue weighted by Crippen LogP contribution is -2.66. The number of nitrogens with one attached hydrogen (secondary N) is 3. The summed E-state index contributed by atoms with van der Waals surface area (Å²) in [6.07, 6.45) is -2.54. The van der Waals surface area contributed by atoms with Crippen LogP contribution in [-0.2, 0) is 43.9 Å². The molecule has 0 saturated carbocycles. The number of carbonyl (C=O) groups excluding carboxylic acids is 6. The zero-order valence-corrected chi connectivity index (χ0v) is 19.4. The monoisotopic (exact) mass is 526 g/mol. The first-order valence-corrected chi connectivity index (χ1v) is 11.1. The van der Waals surface area contributed by atoms with Crippen molar-refractivity contribution in [2.45, 2.75) is 37.6 Å². The molecule has 19 heteroatoms. The Morgan fingerprint density at radius 1 is 1.23 bits per heavy atom. The van der Waals surface area contributed by atoms with Crippen LogP contribution in [0.15, 0.2) is 0 Å². The molecule has 1 heterocycles. The van der Waals surface area contributed by atoms with Crippen LogP contribution in [0.4, 0.5) is 0 Å². The first-order chi connectivity index (χ1) is 16.1. The van der Waals surface area contributed by atoms with Crippen molar-refractivity contribution in [2.75, 3.05) is 26.7 Å². The van der Waals surface area contributed by atoms with E-state index < -0.39 is 96.2 Å². The summed E-state index contributed by atoms with van der Waals surface area (Å²) in [5, 5.41) is 24.3. The third kappa shape index (κ3) is 8.10. The second kappa shape index (κ2) is 12.4. The molecule has 18 nitrogen and oxygen atoms in total. The Morgan fingerprint density at radius 2 is 1.83 bits per heavy atom. The second-order valence-electron chi connectivity index (χ2n) is 7.27. The van der Waals surface area contributed by atoms with Gasteiger partial charge < -0.3 is 35.9 Å². The molecular formula is C16H26N6O12S. The van der Waals surface area contributed by atoms with E-state index in [4.69, 9.17) is 15.6 Å². The summed E-state index contributed by atoms with van der Waals surface area (Å²) >= 11 is 0. The Hall–Kier alpha value is -3.39. The van der Waals surface area contributed by atoms with Gasteiger partial charge in [-0.2, -0.15) is 14.3 Å². The molecule has 0 aliphatic carbocycles. The maximum absolute atomic E-state index is 12.7. The summed E-state index contributed by atoms with van der Waals surface area (Å²) in [6.45, 7) is -0.960. The highest BCUT2D eigenvalue weighted by molar-refractivity contribution is 7.84. The SMILES string of the molecule is CC(NC(=O)C(CC(=O)ON)N(C)C(=O)CNC(=O)C(O)CO)C(=O)NC1CN(S(=O)(=O)O)C1=O. The molecule has 0 aromatic heterocycles. The fourth-order valence-corrected chi connectivity index (χ4v) is 3.35. The standard InChI is InChI=1S/C16H26N6O12S/c1-7(13(27)20-8-5-22(16(8)30)35(31,32)33)19-14(28)9(3-12(26)34-17)21(2)11(25)4-18-15(29)10(24)6-23/h7-10,23-24H,3-6,17H2,1-2H3,(H,18,29)(H,19,28)(H,20,27)(H,31,32,33). The summed E-state index contributed by atoms with van der Waals surface area (Å²) in [4.78, 5) is 76.8. The van der Waals surface area contributed by atoms with Crippen LogP contribution in [0.25, 0.3) is 0 Å². The van der Waals surface area contributed by atoms with Gasteiger partial charge in [-0.15, -0.1) is 0 Å². The molecule has 0 radical (unpaired) electrons. The Kier molecular flexibility index (Phi) is 10.5. The van der Waals surface area contributed by atoms with E-state index in [9.17, 15) is 42.3 Å². The molecule has 4 atom stereocenters. The molecule has 198 valence electrons. The number of β-lactam (4-membered cyclic amide) rings is 1. The Labute approximate surface area is 198 Å². The van der Waals surface area contributed by atoms with E-state index in [0.29, 0.717) is 0 Å². The van der Waals surface area contributed by atoms with Crippen LogP contribution in [0, 0.1) is 0 Å². The number of hydrogen-bond donors (Lipinski definition) is 7. The third-order valence-corrected chi connectivity index (χ3v) is 5.67. The molecule has 1 aliphatic heterocycles. The van der Waals surface area contributed by atoms with Crippen molar-refractivity contribution >= 4 is 45.8 Å². The molecule has 35 heavy (non-hydrogen) atoms. The molecule has 4 unspecified atom stereocenters. The molecule has 0 bridgehead atoms. The Morgan fingerprint density at radius 3 is 2.31 bits per heavy atom. The van der Waals surface area contributed by atoms with E-state index >= 15 is 0 Å². The van der Waals surface area contributed by atoms with Gasteiger partial charge in [-0.25, -0.2) is 4.31 Å². The van der Waals surface area contributed by atoms with Gasteiger partial charge in [0.25, 0.3) is 11.8 Å². The zero-order chi connectivity index (χ0) is 27.1. The molecule has 1 aliphatic rings. The van der Waals surface area contributed by atoms with E-state index in [1.807, 2.05) is 5.32 Å². The van der Waals surface area contributed by atoms with Crippen LogP contribution in [-0.4, -0.2) is 119 Å². The van der Waals surface area contributed by atoms with Gasteiger partial charge in [0.05, 0.1) is 26.1 Å². The maximum Gasteiger partial charge on any atom is 0.362 e. The van der Waals surface area contributed by atoms with Crippen molar-refractivity contribution in [1.82, 2.24) is 25.2 Å². The Bertz CT molecular complexity index is 972. The number of nitrogens with zero attached hydrogens (tertiary/aromatic N) is 2. The second-order valence-corrected chi connectivity index (χ2v) is 8.61. The summed E-state index contributed by atoms with van der Waals surface area (Å²) < 4.78 is 30.8. The van der Waals surface area contributed by atoms with E-state index in [0.717, 1.165) is 11.9 Å². The van der Waals surface area contributed by atoms with E-state index in [1.54, 1.807) is 0 Å². The topological polar surface area (TPSA) is 275 Å². The number of nitrogens with two attached hydrogens (primary N) is 1. The highest BCUT2D eigenvalue weighted by Gasteiger charge is 2.45. The summed E-state index contributed by atoms with van der Waals surface area (Å²) in [7, 11) is -3.67. The largest absolute Gasteiger partial charge is 0.393 e. The van der Waals surface area contributed by atoms with Gasteiger partial charge in [0, 0.05) is 7.05 Å². The van der Waals surface area contributed by atoms with E-state index in [-0.39, 0.29) is 4.31 Å². The average molecular weight is 526 g/mol. The van der Waals surface area contributed by atoms with Crippen LogP contribution in [0.5, 0.6) is 0 Å². The van der Waals surface area contributed by atoms with Gasteiger partial charge in [0.15, 0.2) is 6.10 Å². The number of carbonyl (C=O) groups is 6. The van der Waals surface area contributed by atoms with Crippen LogP contribution >= 0.6 is 0 Å². The van der Waals surface area contributed by atoms with Gasteiger partial charge >= 0.3 is 16.3 Å². The highest BCUT2D eigenvalue weighted by atomic mass is 32.2. The number of rotatable bonds is 12. The minimum absolute atomic E-state index is 0.120. The van der Waals surface area contributed by atoms with Crippen molar-refractivity contribution in [3.05, 3.63) is 0 Å². The fourth-order valence-electron chi connectivity index (χ4n) is 2.66. The predicted octanol–water partition coefficient (Wildman–Crippen LogP) is -6.28. The van der Waals surface area contributed by atoms with Crippen molar-refractivity contribution in [3.63, 3.8) is 0 Å². The third-order valence-electron chi connectivity index (χ3n) is 4.78. The molecule has 8 N–H and O–H groups in total. The fraction of sp³-hybridized carbons (Fsp3) is 0.625. The van der Waals surface area contributed by atoms with Crippen LogP contribution < -0.4 is 21.8 Å². The van der Waals surface area contributed by atoms with Crippen LogP contribution in [0.2, 0.25) is 0 Å². The minimum Gasteiger partial charge on any atom is -0.393 e. The molecule has 1 rings (SSSR count). The lowest BCUT2D eigenvalue weighted by Gasteiger charge is -2.36. The molecule has 0 aromatic rings. The number of hydrogen-bond acceptors (Lipinski definition) is 12. The van der Waals surface area contributed by atoms with Gasteiger partial charge in [-0.1, -0.05) is 0 Å². The van der Waals surface area contributed by atoms with E-state index in [2.05, 4.69) is 15.5 Å². The maximum atomic E-state index is 12.7. The van der Waals surface area contributed by atoms with E-state index in [1.165, 1.54) is 6.92 Å². The molecule has 0 spiro atoms. The van der Waals surface area contributed by atoms with Gasteiger partial charge in [0.2, 0.25) is 17.7 Å². The van der Waals surface area contributed by atoms with Crippen molar-refractivity contribution in [2.24, 2.45) is 5.90 Å². The molecule has 1 fully saturated rings. The number of aliphatic hydroxyl groups is 2. The molecule has 0 aromatic carbocycles. The normalized spacial score (nSPS) is 17.8. The number of amides is 5. The van der Waals surface area contributed by atoms with Crippen LogP contribution in [0.3, 0.4) is 0 Å². The first-order valence-electron chi connectivity index (χ1n) is 9.75. The van der Waals surface area contributed by atoms with Crippen molar-refractivity contribution in [1.29, 1.82) is 0 Å². The lowest BCUT2D eigenvalue weighted by molar-refractivity contribution is -0.150. The van der Waals surface area contributed by atoms with Gasteiger partial charge in [0.1, 0.15) is 18.1 Å². The smallest absolute Gasteiger partial charge is 0.362 e. The van der Waals surface area contributed by atoms with Crippen molar-refractivity contribution < 1.29 is 56.8 Å². The zero-order valence-electron chi connectivity index (χ0n) is 18.5. The van der Waals surface area contributed by atoms with Gasteiger partial charge in [-0.3, -0.25) is 33.3 Å². The number of aliphatic hydroxyl groups excluding tert-OH is 2. The summed E-state index contributed by atoms with van der Waals surface area (Å²) in [5.74, 6) is -1.36. The molecule has 1 saturated heterocycles. The molecule has 5 amide bonds. The summed E-state index contributed by atoms with van der Waals surface area (Å²) in [5.41, 5.74) is 0. The minimum atomic E-state index is -4.76. The van der Waals surface area contributed by atoms with Crippen LogP contribution in [0.1, 0.15) is 13.3 Å². The molecular weight excluding hydrogens is 500 g/mol. The lowest BCUT2D eigenvalue weighted by atomic mass is 10.1. The Balaban J connectivity index is 2.79. The predicted molar refractivity (Wildman–Crippen MR) is 110 cm³/mol. The summed E-state index contributed by atoms with van der Waals surface area (Å²) in [6, 6.07) is -4.18. The number of likely N-dealkylation sites (N-methyl/N-ethyl adjacent to an activating group) is 1.